The normalized spacial score (nSPS) is 11.6. The number of hydrogen-bond acceptors (Lipinski definition) is 3. The Morgan fingerprint density at radius 1 is 1.17 bits per heavy atom. The van der Waals surface area contributed by atoms with Crippen LogP contribution in [0.25, 0.3) is 11.4 Å². The van der Waals surface area contributed by atoms with E-state index in [2.05, 4.69) is 10.1 Å². The van der Waals surface area contributed by atoms with Crippen molar-refractivity contribution in [2.45, 2.75) is 13.1 Å². The Balaban J connectivity index is 2.54. The number of aryl methyl sites for hydroxylation is 1. The fraction of sp³-hybridized carbons (Fsp3) is 0.182. The molecule has 0 fully saturated rings. The number of nitrogens with one attached hydrogen (secondary N) is 1. The van der Waals surface area contributed by atoms with Crippen LogP contribution in [0.4, 0.5) is 13.2 Å². The molecule has 0 spiro atoms. The minimum absolute atomic E-state index is 0.165. The van der Waals surface area contributed by atoms with E-state index in [0.29, 0.717) is 5.56 Å². The standard InChI is InChI=1S/C11H8F3N3O/c1-6-2-4-7(5-3-6)9-15-8(11(12,13)14)10(18)17-16-9/h2-5H,1H3,(H,17,18). The molecule has 0 aliphatic carbocycles. The lowest BCUT2D eigenvalue weighted by Crippen LogP contribution is -2.25. The zero-order chi connectivity index (χ0) is 13.3. The summed E-state index contributed by atoms with van der Waals surface area (Å²) in [6, 6.07) is 6.61. The Morgan fingerprint density at radius 3 is 2.33 bits per heavy atom. The minimum atomic E-state index is -4.80. The van der Waals surface area contributed by atoms with Gasteiger partial charge in [0, 0.05) is 5.56 Å². The van der Waals surface area contributed by atoms with Crippen molar-refractivity contribution in [3.8, 4) is 11.4 Å². The molecule has 2 rings (SSSR count). The number of aromatic nitrogens is 3. The minimum Gasteiger partial charge on any atom is -0.266 e. The lowest BCUT2D eigenvalue weighted by molar-refractivity contribution is -0.142. The molecule has 0 atom stereocenters. The van der Waals surface area contributed by atoms with Crippen LogP contribution in [0.2, 0.25) is 0 Å². The second-order valence-corrected chi connectivity index (χ2v) is 3.70. The van der Waals surface area contributed by atoms with Gasteiger partial charge >= 0.3 is 6.18 Å². The van der Waals surface area contributed by atoms with Gasteiger partial charge in [0.1, 0.15) is 0 Å². The molecule has 18 heavy (non-hydrogen) atoms. The average molecular weight is 255 g/mol. The van der Waals surface area contributed by atoms with Crippen molar-refractivity contribution in [2.24, 2.45) is 0 Å². The highest BCUT2D eigenvalue weighted by molar-refractivity contribution is 5.54. The number of rotatable bonds is 1. The van der Waals surface area contributed by atoms with E-state index in [1.54, 1.807) is 29.4 Å². The van der Waals surface area contributed by atoms with E-state index in [1.807, 2.05) is 6.92 Å². The first-order valence-electron chi connectivity index (χ1n) is 4.99. The van der Waals surface area contributed by atoms with Gasteiger partial charge in [-0.3, -0.25) is 4.79 Å². The largest absolute Gasteiger partial charge is 0.439 e. The highest BCUT2D eigenvalue weighted by Crippen LogP contribution is 2.25. The zero-order valence-electron chi connectivity index (χ0n) is 9.25. The van der Waals surface area contributed by atoms with Gasteiger partial charge in [-0.15, -0.1) is 0 Å². The Labute approximate surface area is 99.5 Å². The fourth-order valence-electron chi connectivity index (χ4n) is 1.36. The fourth-order valence-corrected chi connectivity index (χ4v) is 1.36. The summed E-state index contributed by atoms with van der Waals surface area (Å²) in [5.41, 5.74) is -1.48. The Hall–Kier alpha value is -2.18. The molecule has 0 unspecified atom stereocenters. The highest BCUT2D eigenvalue weighted by Gasteiger charge is 2.36. The van der Waals surface area contributed by atoms with Gasteiger partial charge in [-0.05, 0) is 6.92 Å². The number of aromatic amines is 1. The Morgan fingerprint density at radius 2 is 1.78 bits per heavy atom. The van der Waals surface area contributed by atoms with E-state index in [0.717, 1.165) is 5.56 Å². The third-order valence-corrected chi connectivity index (χ3v) is 2.27. The third kappa shape index (κ3) is 2.39. The maximum absolute atomic E-state index is 12.5. The SMILES string of the molecule is Cc1ccc(-c2n[nH]c(=O)c(C(F)(F)F)n2)cc1. The summed E-state index contributed by atoms with van der Waals surface area (Å²) in [6.45, 7) is 1.85. The number of halogens is 3. The van der Waals surface area contributed by atoms with Gasteiger partial charge in [0.15, 0.2) is 5.82 Å². The number of benzene rings is 1. The van der Waals surface area contributed by atoms with Gasteiger partial charge in [-0.1, -0.05) is 29.8 Å². The van der Waals surface area contributed by atoms with Crippen LogP contribution in [0.5, 0.6) is 0 Å². The van der Waals surface area contributed by atoms with Crippen molar-refractivity contribution in [3.05, 3.63) is 45.9 Å². The van der Waals surface area contributed by atoms with Crippen LogP contribution in [0, 0.1) is 6.92 Å². The molecule has 0 aliphatic heterocycles. The number of nitrogens with zero attached hydrogens (tertiary/aromatic N) is 2. The Bertz CT molecular complexity index is 617. The molecule has 0 aliphatic rings. The first-order chi connectivity index (χ1) is 8.38. The summed E-state index contributed by atoms with van der Waals surface area (Å²) in [4.78, 5) is 14.3. The number of hydrogen-bond donors (Lipinski definition) is 1. The monoisotopic (exact) mass is 255 g/mol. The van der Waals surface area contributed by atoms with Gasteiger partial charge in [-0.25, -0.2) is 10.1 Å². The van der Waals surface area contributed by atoms with Crippen molar-refractivity contribution in [1.82, 2.24) is 15.2 Å². The molecule has 0 radical (unpaired) electrons. The third-order valence-electron chi connectivity index (χ3n) is 2.27. The molecule has 1 heterocycles. The zero-order valence-corrected chi connectivity index (χ0v) is 9.25. The van der Waals surface area contributed by atoms with Gasteiger partial charge in [0.25, 0.3) is 5.56 Å². The predicted molar refractivity (Wildman–Crippen MR) is 57.8 cm³/mol. The van der Waals surface area contributed by atoms with Crippen molar-refractivity contribution < 1.29 is 13.2 Å². The maximum Gasteiger partial charge on any atom is 0.439 e. The van der Waals surface area contributed by atoms with E-state index < -0.39 is 17.4 Å². The number of H-pyrrole nitrogens is 1. The van der Waals surface area contributed by atoms with Gasteiger partial charge < -0.3 is 0 Å². The smallest absolute Gasteiger partial charge is 0.266 e. The van der Waals surface area contributed by atoms with Crippen LogP contribution in [0.1, 0.15) is 11.3 Å². The van der Waals surface area contributed by atoms with E-state index >= 15 is 0 Å². The molecule has 1 N–H and O–H groups in total. The topological polar surface area (TPSA) is 58.6 Å². The van der Waals surface area contributed by atoms with Crippen LogP contribution in [0.3, 0.4) is 0 Å². The second-order valence-electron chi connectivity index (χ2n) is 3.70. The van der Waals surface area contributed by atoms with Gasteiger partial charge in [0.05, 0.1) is 0 Å². The summed E-state index contributed by atoms with van der Waals surface area (Å²) in [6.07, 6.45) is -4.80. The summed E-state index contributed by atoms with van der Waals surface area (Å²) in [7, 11) is 0. The van der Waals surface area contributed by atoms with Crippen LogP contribution >= 0.6 is 0 Å². The molecular weight excluding hydrogens is 247 g/mol. The molecule has 1 aromatic heterocycles. The molecule has 0 amide bonds. The van der Waals surface area contributed by atoms with Gasteiger partial charge in [-0.2, -0.15) is 18.3 Å². The van der Waals surface area contributed by atoms with Crippen LogP contribution in [0.15, 0.2) is 29.1 Å². The van der Waals surface area contributed by atoms with E-state index in [4.69, 9.17) is 0 Å². The van der Waals surface area contributed by atoms with Crippen LogP contribution in [-0.2, 0) is 6.18 Å². The first kappa shape index (κ1) is 12.3. The summed E-state index contributed by atoms with van der Waals surface area (Å²) in [5.74, 6) is -0.165. The van der Waals surface area contributed by atoms with Crippen LogP contribution in [-0.4, -0.2) is 15.2 Å². The molecule has 2 aromatic rings. The summed E-state index contributed by atoms with van der Waals surface area (Å²) in [5, 5.41) is 5.30. The predicted octanol–water partition coefficient (Wildman–Crippen LogP) is 2.16. The maximum atomic E-state index is 12.5. The van der Waals surface area contributed by atoms with Crippen molar-refractivity contribution in [1.29, 1.82) is 0 Å². The molecule has 0 saturated carbocycles. The summed E-state index contributed by atoms with van der Waals surface area (Å²) >= 11 is 0. The highest BCUT2D eigenvalue weighted by atomic mass is 19.4. The second kappa shape index (κ2) is 4.25. The van der Waals surface area contributed by atoms with E-state index in [9.17, 15) is 18.0 Å². The quantitative estimate of drug-likeness (QED) is 0.849. The van der Waals surface area contributed by atoms with Crippen molar-refractivity contribution >= 4 is 0 Å². The Kier molecular flexibility index (Phi) is 2.90. The molecule has 0 saturated heterocycles. The average Bonchev–Trinajstić information content (AvgIpc) is 2.29. The number of alkyl halides is 3. The lowest BCUT2D eigenvalue weighted by Gasteiger charge is -2.06. The molecule has 0 bridgehead atoms. The lowest BCUT2D eigenvalue weighted by atomic mass is 10.1. The molecule has 7 heteroatoms. The first-order valence-corrected chi connectivity index (χ1v) is 4.99. The molecule has 94 valence electrons. The van der Waals surface area contributed by atoms with E-state index in [1.165, 1.54) is 0 Å². The van der Waals surface area contributed by atoms with Gasteiger partial charge in [0.2, 0.25) is 5.69 Å². The van der Waals surface area contributed by atoms with Crippen molar-refractivity contribution in [3.63, 3.8) is 0 Å². The summed E-state index contributed by atoms with van der Waals surface area (Å²) < 4.78 is 37.5. The van der Waals surface area contributed by atoms with Crippen molar-refractivity contribution in [2.75, 3.05) is 0 Å². The molecule has 4 nitrogen and oxygen atoms in total. The molecule has 1 aromatic carbocycles. The molecular formula is C11H8F3N3O. The van der Waals surface area contributed by atoms with Crippen LogP contribution < -0.4 is 5.56 Å². The van der Waals surface area contributed by atoms with E-state index in [-0.39, 0.29) is 5.82 Å².